The third-order valence-corrected chi connectivity index (χ3v) is 9.95. The number of carbonyl (C=O) groups excluding carboxylic acids is 2. The molecule has 0 aromatic carbocycles. The molecule has 0 spiro atoms. The van der Waals surface area contributed by atoms with E-state index in [-0.39, 0.29) is 19.4 Å². The zero-order chi connectivity index (χ0) is 40.5. The van der Waals surface area contributed by atoms with Gasteiger partial charge in [0.25, 0.3) is 0 Å². The summed E-state index contributed by atoms with van der Waals surface area (Å²) in [6, 6.07) is 0. The molecule has 0 radical (unpaired) electrons. The Labute approximate surface area is 334 Å². The molecule has 1 unspecified atom stereocenters. The summed E-state index contributed by atoms with van der Waals surface area (Å²) in [6.07, 6.45) is 42.3. The quantitative estimate of drug-likeness (QED) is 0.0237. The van der Waals surface area contributed by atoms with Crippen LogP contribution in [-0.2, 0) is 32.7 Å². The lowest BCUT2D eigenvalue weighted by atomic mass is 10.0. The van der Waals surface area contributed by atoms with Gasteiger partial charge in [0.05, 0.1) is 19.8 Å². The SMILES string of the molecule is CC/C=C/C/C=C/C/C=C/C/C=C/CCCCC(=O)O[C@H](COC(=O)CCCCCCCCCCCCCCCCCCC)COP(=O)(O)OC[C@@H](O)CO. The summed E-state index contributed by atoms with van der Waals surface area (Å²) in [5.74, 6) is -0.971. The first-order valence-corrected chi connectivity index (χ1v) is 23.1. The number of hydrogen-bond donors (Lipinski definition) is 3. The molecular formula is C44H79O10P. The summed E-state index contributed by atoms with van der Waals surface area (Å²) in [5, 5.41) is 18.3. The number of carbonyl (C=O) groups is 2. The van der Waals surface area contributed by atoms with E-state index in [2.05, 4.69) is 67.0 Å². The Morgan fingerprint density at radius 1 is 0.564 bits per heavy atom. The first-order valence-electron chi connectivity index (χ1n) is 21.6. The number of unbranched alkanes of at least 4 members (excludes halogenated alkanes) is 18. The van der Waals surface area contributed by atoms with Crippen LogP contribution in [0.5, 0.6) is 0 Å². The molecule has 0 bridgehead atoms. The standard InChI is InChI=1S/C44H79O10P/c1-3-5-7-9-11-13-15-17-19-20-22-23-25-27-29-31-33-35-43(47)51-39-42(40-53-55(49,50)52-38-41(46)37-45)54-44(48)36-34-32-30-28-26-24-21-18-16-14-12-10-8-6-4-2/h6,8,12,14,18,21,26,28,41-42,45-46H,3-5,7,9-11,13,15-17,19-20,22-25,27,29-40H2,1-2H3,(H,49,50)/b8-6+,14-12+,21-18+,28-26+/t41-,42+/m0/s1. The molecule has 0 aliphatic carbocycles. The second-order valence-corrected chi connectivity index (χ2v) is 15.8. The predicted molar refractivity (Wildman–Crippen MR) is 224 cm³/mol. The van der Waals surface area contributed by atoms with Gasteiger partial charge in [-0.15, -0.1) is 0 Å². The highest BCUT2D eigenvalue weighted by molar-refractivity contribution is 7.47. The van der Waals surface area contributed by atoms with Gasteiger partial charge in [-0.25, -0.2) is 4.57 Å². The minimum absolute atomic E-state index is 0.132. The van der Waals surface area contributed by atoms with E-state index in [4.69, 9.17) is 19.1 Å². The van der Waals surface area contributed by atoms with Gasteiger partial charge in [0.2, 0.25) is 0 Å². The van der Waals surface area contributed by atoms with Crippen LogP contribution in [0.15, 0.2) is 48.6 Å². The molecule has 55 heavy (non-hydrogen) atoms. The highest BCUT2D eigenvalue weighted by Gasteiger charge is 2.27. The Morgan fingerprint density at radius 3 is 1.51 bits per heavy atom. The second kappa shape index (κ2) is 40.1. The topological polar surface area (TPSA) is 149 Å². The van der Waals surface area contributed by atoms with Gasteiger partial charge in [0.1, 0.15) is 12.7 Å². The van der Waals surface area contributed by atoms with E-state index in [1.165, 1.54) is 83.5 Å². The van der Waals surface area contributed by atoms with Crippen LogP contribution in [0.3, 0.4) is 0 Å². The van der Waals surface area contributed by atoms with Crippen molar-refractivity contribution < 1.29 is 47.8 Å². The van der Waals surface area contributed by atoms with Gasteiger partial charge in [-0.3, -0.25) is 18.6 Å². The van der Waals surface area contributed by atoms with E-state index < -0.39 is 51.8 Å². The lowest BCUT2D eigenvalue weighted by Gasteiger charge is -2.20. The molecule has 0 amide bonds. The molecule has 0 fully saturated rings. The summed E-state index contributed by atoms with van der Waals surface area (Å²) in [5.41, 5.74) is 0. The summed E-state index contributed by atoms with van der Waals surface area (Å²) >= 11 is 0. The lowest BCUT2D eigenvalue weighted by molar-refractivity contribution is -0.161. The molecule has 0 aromatic heterocycles. The average Bonchev–Trinajstić information content (AvgIpc) is 3.17. The summed E-state index contributed by atoms with van der Waals surface area (Å²) in [6.45, 7) is 2.22. The number of esters is 2. The zero-order valence-electron chi connectivity index (χ0n) is 34.6. The van der Waals surface area contributed by atoms with Crippen molar-refractivity contribution in [3.63, 3.8) is 0 Å². The molecule has 0 rings (SSSR count). The van der Waals surface area contributed by atoms with Crippen LogP contribution >= 0.6 is 7.82 Å². The van der Waals surface area contributed by atoms with Crippen LogP contribution in [0.2, 0.25) is 0 Å². The van der Waals surface area contributed by atoms with Crippen LogP contribution in [0.25, 0.3) is 0 Å². The fourth-order valence-electron chi connectivity index (χ4n) is 5.69. The highest BCUT2D eigenvalue weighted by Crippen LogP contribution is 2.43. The summed E-state index contributed by atoms with van der Waals surface area (Å²) in [4.78, 5) is 35.0. The summed E-state index contributed by atoms with van der Waals surface area (Å²) < 4.78 is 32.7. The van der Waals surface area contributed by atoms with Gasteiger partial charge in [0.15, 0.2) is 6.10 Å². The van der Waals surface area contributed by atoms with Crippen LogP contribution in [0, 0.1) is 0 Å². The van der Waals surface area contributed by atoms with Crippen molar-refractivity contribution in [1.29, 1.82) is 0 Å². The van der Waals surface area contributed by atoms with Gasteiger partial charge in [-0.05, 0) is 51.4 Å². The average molecular weight is 799 g/mol. The number of aliphatic hydroxyl groups is 2. The highest BCUT2D eigenvalue weighted by atomic mass is 31.2. The first kappa shape index (κ1) is 52.9. The van der Waals surface area contributed by atoms with E-state index in [1.54, 1.807) is 0 Å². The minimum Gasteiger partial charge on any atom is -0.462 e. The largest absolute Gasteiger partial charge is 0.472 e. The molecule has 10 nitrogen and oxygen atoms in total. The monoisotopic (exact) mass is 799 g/mol. The third-order valence-electron chi connectivity index (χ3n) is 9.00. The van der Waals surface area contributed by atoms with E-state index in [1.807, 2.05) is 0 Å². The molecule has 3 atom stereocenters. The molecule has 0 aromatic rings. The number of ether oxygens (including phenoxy) is 2. The first-order chi connectivity index (χ1) is 26.7. The maximum absolute atomic E-state index is 12.6. The Kier molecular flexibility index (Phi) is 38.6. The van der Waals surface area contributed by atoms with E-state index >= 15 is 0 Å². The zero-order valence-corrected chi connectivity index (χ0v) is 35.5. The van der Waals surface area contributed by atoms with Gasteiger partial charge in [-0.2, -0.15) is 0 Å². The van der Waals surface area contributed by atoms with Gasteiger partial charge in [-0.1, -0.05) is 165 Å². The van der Waals surface area contributed by atoms with Crippen LogP contribution in [0.1, 0.15) is 181 Å². The number of aliphatic hydroxyl groups excluding tert-OH is 2. The summed E-state index contributed by atoms with van der Waals surface area (Å²) in [7, 11) is -4.63. The van der Waals surface area contributed by atoms with Gasteiger partial charge >= 0.3 is 19.8 Å². The van der Waals surface area contributed by atoms with Crippen molar-refractivity contribution in [1.82, 2.24) is 0 Å². The Morgan fingerprint density at radius 2 is 1.00 bits per heavy atom. The van der Waals surface area contributed by atoms with E-state index in [0.717, 1.165) is 57.8 Å². The molecule has 3 N–H and O–H groups in total. The van der Waals surface area contributed by atoms with Gasteiger partial charge in [0, 0.05) is 12.8 Å². The smallest absolute Gasteiger partial charge is 0.462 e. The molecule has 0 saturated carbocycles. The van der Waals surface area contributed by atoms with Crippen molar-refractivity contribution in [3.8, 4) is 0 Å². The molecule has 0 aliphatic heterocycles. The second-order valence-electron chi connectivity index (χ2n) is 14.3. The number of hydrogen-bond acceptors (Lipinski definition) is 9. The fraction of sp³-hybridized carbons (Fsp3) is 0.773. The molecule has 0 saturated heterocycles. The minimum atomic E-state index is -4.63. The van der Waals surface area contributed by atoms with E-state index in [9.17, 15) is 24.2 Å². The number of allylic oxidation sites excluding steroid dienone is 8. The molecular weight excluding hydrogens is 719 g/mol. The Balaban J connectivity index is 4.34. The Hall–Kier alpha value is -2.07. The van der Waals surface area contributed by atoms with Crippen molar-refractivity contribution in [2.45, 2.75) is 193 Å². The third kappa shape index (κ3) is 39.9. The molecule has 11 heteroatoms. The predicted octanol–water partition coefficient (Wildman–Crippen LogP) is 11.3. The van der Waals surface area contributed by atoms with Crippen molar-refractivity contribution >= 4 is 19.8 Å². The van der Waals surface area contributed by atoms with Crippen LogP contribution in [0.4, 0.5) is 0 Å². The maximum atomic E-state index is 12.6. The molecule has 0 heterocycles. The van der Waals surface area contributed by atoms with Crippen LogP contribution in [-0.4, -0.2) is 65.7 Å². The number of phosphoric acid groups is 1. The Bertz CT molecular complexity index is 1060. The maximum Gasteiger partial charge on any atom is 0.472 e. The lowest BCUT2D eigenvalue weighted by Crippen LogP contribution is -2.29. The number of rotatable bonds is 40. The van der Waals surface area contributed by atoms with Crippen molar-refractivity contribution in [2.24, 2.45) is 0 Å². The fourth-order valence-corrected chi connectivity index (χ4v) is 6.48. The normalized spacial score (nSPS) is 14.3. The van der Waals surface area contributed by atoms with Crippen molar-refractivity contribution in [2.75, 3.05) is 26.4 Å². The van der Waals surface area contributed by atoms with Crippen LogP contribution < -0.4 is 0 Å². The molecule has 0 aliphatic rings. The van der Waals surface area contributed by atoms with Crippen molar-refractivity contribution in [3.05, 3.63) is 48.6 Å². The van der Waals surface area contributed by atoms with Gasteiger partial charge < -0.3 is 24.6 Å². The van der Waals surface area contributed by atoms with E-state index in [0.29, 0.717) is 12.8 Å². The molecule has 320 valence electrons. The number of phosphoric ester groups is 1.